The average molecular weight is 503 g/mol. The Morgan fingerprint density at radius 1 is 1.19 bits per heavy atom. The number of benzene rings is 1. The molecule has 36 heavy (non-hydrogen) atoms. The van der Waals surface area contributed by atoms with Crippen LogP contribution >= 0.6 is 0 Å². The van der Waals surface area contributed by atoms with Crippen LogP contribution in [0.15, 0.2) is 23.2 Å². The van der Waals surface area contributed by atoms with Crippen molar-refractivity contribution in [3.05, 3.63) is 29.3 Å². The minimum Gasteiger partial charge on any atom is -0.491 e. The fourth-order valence-corrected chi connectivity index (χ4v) is 4.74. The van der Waals surface area contributed by atoms with Crippen LogP contribution in [0.4, 0.5) is 4.79 Å². The molecule has 11 heteroatoms. The van der Waals surface area contributed by atoms with Crippen LogP contribution in [0, 0.1) is 13.8 Å². The van der Waals surface area contributed by atoms with Gasteiger partial charge in [-0.25, -0.2) is 4.79 Å². The van der Waals surface area contributed by atoms with Gasteiger partial charge < -0.3 is 29.7 Å². The SMILES string of the molecule is Cc1ccc(OCC(O)CN2C(=NCCCN3CCOCC3)NC3C2C(=O)N(C)C(=O)N3C)cc1C. The number of aliphatic imine (C=N–C) groups is 1. The summed E-state index contributed by atoms with van der Waals surface area (Å²) in [6.07, 6.45) is -0.561. The van der Waals surface area contributed by atoms with E-state index >= 15 is 0 Å². The Kier molecular flexibility index (Phi) is 8.32. The van der Waals surface area contributed by atoms with E-state index in [1.54, 1.807) is 11.9 Å². The molecule has 3 saturated heterocycles. The fraction of sp³-hybridized carbons (Fsp3) is 0.640. The lowest BCUT2D eigenvalue weighted by Crippen LogP contribution is -2.65. The van der Waals surface area contributed by atoms with Crippen molar-refractivity contribution in [1.82, 2.24) is 24.9 Å². The zero-order valence-electron chi connectivity index (χ0n) is 21.6. The molecule has 3 unspecified atom stereocenters. The summed E-state index contributed by atoms with van der Waals surface area (Å²) in [5.41, 5.74) is 2.29. The van der Waals surface area contributed by atoms with E-state index in [0.29, 0.717) is 18.3 Å². The predicted octanol–water partition coefficient (Wildman–Crippen LogP) is 0.245. The van der Waals surface area contributed by atoms with Crippen LogP contribution in [0.25, 0.3) is 0 Å². The van der Waals surface area contributed by atoms with Gasteiger partial charge in [-0.05, 0) is 43.5 Å². The number of morpholine rings is 1. The summed E-state index contributed by atoms with van der Waals surface area (Å²) in [7, 11) is 3.14. The van der Waals surface area contributed by atoms with Crippen molar-refractivity contribution in [2.45, 2.75) is 38.6 Å². The molecule has 3 aliphatic rings. The number of nitrogens with one attached hydrogen (secondary N) is 1. The van der Waals surface area contributed by atoms with Crippen LogP contribution in [-0.2, 0) is 9.53 Å². The number of aryl methyl sites for hydroxylation is 2. The van der Waals surface area contributed by atoms with Crippen LogP contribution in [-0.4, -0.2) is 128 Å². The Hall–Kier alpha value is -2.89. The number of amides is 3. The quantitative estimate of drug-likeness (QED) is 0.463. The highest BCUT2D eigenvalue weighted by molar-refractivity contribution is 6.04. The summed E-state index contributed by atoms with van der Waals surface area (Å²) in [5, 5.41) is 14.1. The van der Waals surface area contributed by atoms with Gasteiger partial charge in [-0.1, -0.05) is 6.07 Å². The van der Waals surface area contributed by atoms with Crippen LogP contribution in [0.5, 0.6) is 5.75 Å². The van der Waals surface area contributed by atoms with Gasteiger partial charge in [0.2, 0.25) is 0 Å². The van der Waals surface area contributed by atoms with Crippen molar-refractivity contribution in [3.63, 3.8) is 0 Å². The van der Waals surface area contributed by atoms with Gasteiger partial charge in [-0.3, -0.25) is 19.6 Å². The van der Waals surface area contributed by atoms with E-state index in [-0.39, 0.29) is 25.1 Å². The molecular weight excluding hydrogens is 464 g/mol. The smallest absolute Gasteiger partial charge is 0.327 e. The van der Waals surface area contributed by atoms with Gasteiger partial charge in [0.1, 0.15) is 24.6 Å². The molecule has 3 fully saturated rings. The molecule has 11 nitrogen and oxygen atoms in total. The number of urea groups is 1. The number of nitrogens with zero attached hydrogens (tertiary/aromatic N) is 5. The molecule has 0 aliphatic carbocycles. The third-order valence-corrected chi connectivity index (χ3v) is 7.10. The predicted molar refractivity (Wildman–Crippen MR) is 135 cm³/mol. The van der Waals surface area contributed by atoms with Crippen LogP contribution in [0.1, 0.15) is 17.5 Å². The molecule has 0 saturated carbocycles. The zero-order chi connectivity index (χ0) is 25.8. The third-order valence-electron chi connectivity index (χ3n) is 7.10. The topological polar surface area (TPSA) is 110 Å². The minimum absolute atomic E-state index is 0.0689. The average Bonchev–Trinajstić information content (AvgIpc) is 3.23. The number of rotatable bonds is 9. The largest absolute Gasteiger partial charge is 0.491 e. The number of β-amino-alcohol motifs (C(OH)–C–C–N with tert-alkyl or cyclic N) is 1. The summed E-state index contributed by atoms with van der Waals surface area (Å²) in [5.74, 6) is 0.877. The van der Waals surface area contributed by atoms with Gasteiger partial charge in [-0.2, -0.15) is 0 Å². The van der Waals surface area contributed by atoms with Crippen molar-refractivity contribution in [3.8, 4) is 5.75 Å². The molecule has 2 N–H and O–H groups in total. The monoisotopic (exact) mass is 502 g/mol. The normalized spacial score (nSPS) is 24.8. The summed E-state index contributed by atoms with van der Waals surface area (Å²) in [4.78, 5) is 37.1. The Balaban J connectivity index is 1.43. The standard InChI is InChI=1S/C25H38N6O5/c1-17-6-7-20(14-18(17)2)36-16-19(32)15-31-21-22(28(3)25(34)29(4)23(21)33)27-24(31)26-8-5-9-30-10-12-35-13-11-30/h6-7,14,19,21-22,32H,5,8-13,15-16H2,1-4H3,(H,26,27). The summed E-state index contributed by atoms with van der Waals surface area (Å²) in [6, 6.07) is 4.76. The second-order valence-electron chi connectivity index (χ2n) is 9.70. The highest BCUT2D eigenvalue weighted by Gasteiger charge is 2.52. The number of likely N-dealkylation sites (N-methyl/N-ethyl adjacent to an activating group) is 2. The van der Waals surface area contributed by atoms with E-state index in [4.69, 9.17) is 14.5 Å². The van der Waals surface area contributed by atoms with Crippen LogP contribution in [0.3, 0.4) is 0 Å². The number of guanidine groups is 1. The summed E-state index contributed by atoms with van der Waals surface area (Å²) in [6.45, 7) is 9.09. The zero-order valence-corrected chi connectivity index (χ0v) is 21.6. The Labute approximate surface area is 212 Å². The van der Waals surface area contributed by atoms with Gasteiger partial charge in [0.25, 0.3) is 5.91 Å². The number of aliphatic hydroxyl groups excluding tert-OH is 1. The molecule has 4 rings (SSSR count). The Morgan fingerprint density at radius 3 is 2.67 bits per heavy atom. The number of ether oxygens (including phenoxy) is 2. The van der Waals surface area contributed by atoms with Crippen molar-refractivity contribution < 1.29 is 24.2 Å². The molecule has 0 aromatic heterocycles. The van der Waals surface area contributed by atoms with Gasteiger partial charge >= 0.3 is 6.03 Å². The Bertz CT molecular complexity index is 982. The molecule has 3 aliphatic heterocycles. The molecule has 0 bridgehead atoms. The number of hydrogen-bond acceptors (Lipinski definition) is 7. The fourth-order valence-electron chi connectivity index (χ4n) is 4.74. The molecule has 3 heterocycles. The highest BCUT2D eigenvalue weighted by Crippen LogP contribution is 2.25. The second-order valence-corrected chi connectivity index (χ2v) is 9.70. The third kappa shape index (κ3) is 5.74. The summed E-state index contributed by atoms with van der Waals surface area (Å²) >= 11 is 0. The van der Waals surface area contributed by atoms with Crippen LogP contribution < -0.4 is 10.1 Å². The van der Waals surface area contributed by atoms with E-state index in [0.717, 1.165) is 49.7 Å². The lowest BCUT2D eigenvalue weighted by atomic mass is 10.1. The first-order valence-corrected chi connectivity index (χ1v) is 12.6. The maximum absolute atomic E-state index is 13.1. The van der Waals surface area contributed by atoms with Gasteiger partial charge in [-0.15, -0.1) is 0 Å². The lowest BCUT2D eigenvalue weighted by Gasteiger charge is -2.39. The van der Waals surface area contributed by atoms with E-state index in [1.165, 1.54) is 17.5 Å². The second kappa shape index (κ2) is 11.4. The molecule has 3 amide bonds. The van der Waals surface area contributed by atoms with Crippen molar-refractivity contribution in [2.75, 3.05) is 66.6 Å². The van der Waals surface area contributed by atoms with Gasteiger partial charge in [0.05, 0.1) is 19.8 Å². The maximum atomic E-state index is 13.1. The van der Waals surface area contributed by atoms with Crippen molar-refractivity contribution >= 4 is 17.9 Å². The maximum Gasteiger partial charge on any atom is 0.327 e. The number of carbonyl (C=O) groups is 2. The first kappa shape index (κ1) is 26.2. The number of imide groups is 1. The first-order valence-electron chi connectivity index (χ1n) is 12.6. The van der Waals surface area contributed by atoms with Crippen molar-refractivity contribution in [2.24, 2.45) is 4.99 Å². The number of carbonyl (C=O) groups excluding carboxylic acids is 2. The van der Waals surface area contributed by atoms with E-state index in [9.17, 15) is 14.7 Å². The molecule has 3 atom stereocenters. The number of fused-ring (bicyclic) bond motifs is 1. The van der Waals surface area contributed by atoms with E-state index in [2.05, 4.69) is 10.2 Å². The number of hydrogen-bond donors (Lipinski definition) is 2. The van der Waals surface area contributed by atoms with Crippen molar-refractivity contribution in [1.29, 1.82) is 0 Å². The van der Waals surface area contributed by atoms with E-state index < -0.39 is 18.3 Å². The van der Waals surface area contributed by atoms with E-state index in [1.807, 2.05) is 32.0 Å². The van der Waals surface area contributed by atoms with Gasteiger partial charge in [0, 0.05) is 40.3 Å². The highest BCUT2D eigenvalue weighted by atomic mass is 16.5. The first-order chi connectivity index (χ1) is 17.3. The molecule has 0 radical (unpaired) electrons. The number of aliphatic hydroxyl groups is 1. The summed E-state index contributed by atoms with van der Waals surface area (Å²) < 4.78 is 11.2. The minimum atomic E-state index is -0.869. The lowest BCUT2D eigenvalue weighted by molar-refractivity contribution is -0.136. The molecular formula is C25H38N6O5. The van der Waals surface area contributed by atoms with Crippen LogP contribution in [0.2, 0.25) is 0 Å². The molecule has 0 spiro atoms. The Morgan fingerprint density at radius 2 is 1.94 bits per heavy atom. The van der Waals surface area contributed by atoms with Gasteiger partial charge in [0.15, 0.2) is 12.0 Å². The molecule has 1 aromatic carbocycles. The molecule has 198 valence electrons. The molecule has 1 aromatic rings.